The number of nitrogens with zero attached hydrogens (tertiary/aromatic N) is 1. The molecule has 55 heavy (non-hydrogen) atoms. The number of amides is 1. The molecule has 1 saturated heterocycles. The number of aliphatic hydroxyl groups is 2. The normalized spacial score (nSPS) is 33.0. The lowest BCUT2D eigenvalue weighted by atomic mass is 9.78. The molecule has 4 aliphatic heterocycles. The van der Waals surface area contributed by atoms with Gasteiger partial charge >= 0.3 is 11.8 Å². The summed E-state index contributed by atoms with van der Waals surface area (Å²) in [7, 11) is 1.46. The van der Waals surface area contributed by atoms with Gasteiger partial charge in [0.15, 0.2) is 5.75 Å². The van der Waals surface area contributed by atoms with Crippen molar-refractivity contribution in [1.82, 2.24) is 0 Å². The number of methoxy groups -OCH3 is 1. The minimum absolute atomic E-state index is 0.0145. The molecule has 14 heteroatoms. The maximum Gasteiger partial charge on any atom is 0.312 e. The summed E-state index contributed by atoms with van der Waals surface area (Å²) in [5.41, 5.74) is 1.01. The number of fused-ring (bicyclic) bond motifs is 14. The zero-order chi connectivity index (χ0) is 40.5. The van der Waals surface area contributed by atoms with Gasteiger partial charge in [0.1, 0.15) is 17.6 Å². The lowest BCUT2D eigenvalue weighted by Crippen LogP contribution is -2.46. The standard InChI is InChI=1S/C41H54N2O12/c1-20-11-10-12-21(2)40(50)42-27-19-28(43-14-17-52-18-15-43)30-31(36(27)48)35(47)25(6)38-32(30)39(49)41(8,55-38)53-16-13-29(51-9)22(3)37(54-26(7)44)24(5)34(46)23(4)33(20)45/h10-13,16,19-20,22-24,29,33-34,37,45-48H,14-15,17-18H2,1-9H3,(H,42,50)/b11-10+,16-13+,21-12-/t20-,22+,23+,24+,29-,33-,34+,37+,41-/m0/s1. The van der Waals surface area contributed by atoms with Gasteiger partial charge in [0.2, 0.25) is 0 Å². The van der Waals surface area contributed by atoms with Crippen LogP contribution in [0.25, 0.3) is 10.8 Å². The highest BCUT2D eigenvalue weighted by Crippen LogP contribution is 2.54. The van der Waals surface area contributed by atoms with E-state index in [1.54, 1.807) is 71.9 Å². The summed E-state index contributed by atoms with van der Waals surface area (Å²) in [4.78, 5) is 42.3. The van der Waals surface area contributed by atoms with Gasteiger partial charge in [0, 0.05) is 79.9 Å². The Morgan fingerprint density at radius 1 is 0.964 bits per heavy atom. The molecular weight excluding hydrogens is 712 g/mol. The number of anilines is 2. The van der Waals surface area contributed by atoms with Crippen LogP contribution in [0.1, 0.15) is 64.4 Å². The van der Waals surface area contributed by atoms with E-state index in [2.05, 4.69) is 5.32 Å². The Bertz CT molecular complexity index is 1900. The molecule has 0 aliphatic carbocycles. The average molecular weight is 767 g/mol. The molecule has 4 aliphatic rings. The molecule has 9 atom stereocenters. The second-order valence-electron chi connectivity index (χ2n) is 15.0. The second kappa shape index (κ2) is 16.6. The molecule has 5 N–H and O–H groups in total. The van der Waals surface area contributed by atoms with Crippen LogP contribution in [0.2, 0.25) is 0 Å². The van der Waals surface area contributed by atoms with Crippen LogP contribution in [-0.4, -0.2) is 102 Å². The molecule has 6 rings (SSSR count). The number of morpholine rings is 1. The summed E-state index contributed by atoms with van der Waals surface area (Å²) >= 11 is 0. The monoisotopic (exact) mass is 766 g/mol. The van der Waals surface area contributed by atoms with Crippen molar-refractivity contribution in [3.05, 3.63) is 53.3 Å². The molecule has 4 heterocycles. The predicted molar refractivity (Wildman–Crippen MR) is 205 cm³/mol. The van der Waals surface area contributed by atoms with Gasteiger partial charge in [-0.1, -0.05) is 45.9 Å². The Labute approximate surface area is 321 Å². The number of aromatic hydroxyl groups is 2. The van der Waals surface area contributed by atoms with Crippen molar-refractivity contribution in [3.63, 3.8) is 0 Å². The van der Waals surface area contributed by atoms with Crippen molar-refractivity contribution in [2.24, 2.45) is 23.7 Å². The van der Waals surface area contributed by atoms with E-state index in [1.807, 2.05) is 4.90 Å². The highest BCUT2D eigenvalue weighted by atomic mass is 16.7. The zero-order valence-corrected chi connectivity index (χ0v) is 32.9. The van der Waals surface area contributed by atoms with Crippen LogP contribution >= 0.6 is 0 Å². The van der Waals surface area contributed by atoms with E-state index >= 15 is 0 Å². The molecule has 5 bridgehead atoms. The fourth-order valence-corrected chi connectivity index (χ4v) is 7.70. The van der Waals surface area contributed by atoms with E-state index in [1.165, 1.54) is 27.2 Å². The molecule has 300 valence electrons. The molecule has 0 saturated carbocycles. The number of phenolic OH excluding ortho intramolecular Hbond substituents is 2. The molecule has 2 aromatic rings. The van der Waals surface area contributed by atoms with Crippen LogP contribution in [-0.2, 0) is 28.5 Å². The number of carbonyl (C=O) groups excluding carboxylic acids is 3. The lowest BCUT2D eigenvalue weighted by Gasteiger charge is -2.38. The van der Waals surface area contributed by atoms with Gasteiger partial charge in [-0.15, -0.1) is 0 Å². The number of benzene rings is 2. The number of phenols is 2. The van der Waals surface area contributed by atoms with Gasteiger partial charge in [0.05, 0.1) is 54.4 Å². The van der Waals surface area contributed by atoms with Crippen molar-refractivity contribution < 1.29 is 58.5 Å². The van der Waals surface area contributed by atoms with Gasteiger partial charge in [0.25, 0.3) is 11.7 Å². The first-order chi connectivity index (χ1) is 25.9. The number of aliphatic hydroxyl groups excluding tert-OH is 2. The number of ketones is 1. The number of nitrogens with one attached hydrogen (secondary N) is 1. The number of carbonyl (C=O) groups is 3. The van der Waals surface area contributed by atoms with Gasteiger partial charge in [-0.05, 0) is 26.0 Å². The number of Topliss-reactive ketones (excluding diaryl/α,β-unsaturated/α-hetero) is 1. The second-order valence-corrected chi connectivity index (χ2v) is 15.0. The molecular formula is C41H54N2O12. The SMILES string of the molecule is CO[C@H]1/C=C/O[C@@]2(C)Oc3c(C)c(O)c4c(O)c(cc(N5CCOCC5)c4c3C2=O)NC(=O)/C(C)=C\C=C\[C@H](C)[C@H](O)[C@@H](C)[C@@H](O)[C@@H](C)[C@H](OC(C)=O)[C@@H]1C. The van der Waals surface area contributed by atoms with Crippen LogP contribution < -0.4 is 15.0 Å². The van der Waals surface area contributed by atoms with E-state index in [0.717, 1.165) is 0 Å². The number of ether oxygens (including phenoxy) is 5. The summed E-state index contributed by atoms with van der Waals surface area (Å²) in [6.45, 7) is 14.5. The molecule has 1 amide bonds. The van der Waals surface area contributed by atoms with Gasteiger partial charge < -0.3 is 54.3 Å². The number of allylic oxidation sites excluding steroid dienone is 2. The van der Waals surface area contributed by atoms with E-state index in [9.17, 15) is 34.8 Å². The average Bonchev–Trinajstić information content (AvgIpc) is 3.42. The Hall–Kier alpha value is -4.63. The number of hydrogen-bond acceptors (Lipinski definition) is 13. The summed E-state index contributed by atoms with van der Waals surface area (Å²) in [5.74, 6) is -6.63. The quantitative estimate of drug-likeness (QED) is 0.210. The van der Waals surface area contributed by atoms with Gasteiger partial charge in [-0.3, -0.25) is 14.4 Å². The molecule has 0 unspecified atom stereocenters. The third kappa shape index (κ3) is 8.04. The molecule has 14 nitrogen and oxygen atoms in total. The fraction of sp³-hybridized carbons (Fsp3) is 0.537. The largest absolute Gasteiger partial charge is 0.507 e. The Balaban J connectivity index is 1.69. The van der Waals surface area contributed by atoms with Crippen LogP contribution in [0.15, 0.2) is 42.2 Å². The van der Waals surface area contributed by atoms with Crippen molar-refractivity contribution in [2.45, 2.75) is 85.6 Å². The van der Waals surface area contributed by atoms with Crippen molar-refractivity contribution in [1.29, 1.82) is 0 Å². The first kappa shape index (κ1) is 41.5. The van der Waals surface area contributed by atoms with Gasteiger partial charge in [-0.25, -0.2) is 0 Å². The maximum atomic E-state index is 14.5. The summed E-state index contributed by atoms with van der Waals surface area (Å²) in [5, 5.41) is 49.1. The molecule has 2 aromatic carbocycles. The van der Waals surface area contributed by atoms with Crippen molar-refractivity contribution in [3.8, 4) is 17.2 Å². The molecule has 0 spiro atoms. The highest BCUT2D eigenvalue weighted by molar-refractivity contribution is 6.23. The predicted octanol–water partition coefficient (Wildman–Crippen LogP) is 4.89. The number of esters is 1. The first-order valence-corrected chi connectivity index (χ1v) is 18.6. The minimum Gasteiger partial charge on any atom is -0.507 e. The summed E-state index contributed by atoms with van der Waals surface area (Å²) in [6, 6.07) is 1.57. The van der Waals surface area contributed by atoms with Crippen molar-refractivity contribution in [2.75, 3.05) is 43.6 Å². The lowest BCUT2D eigenvalue weighted by molar-refractivity contribution is -0.160. The zero-order valence-electron chi connectivity index (χ0n) is 32.9. The van der Waals surface area contributed by atoms with Gasteiger partial charge in [-0.2, -0.15) is 0 Å². The Morgan fingerprint density at radius 2 is 1.64 bits per heavy atom. The fourth-order valence-electron chi connectivity index (χ4n) is 7.70. The Morgan fingerprint density at radius 3 is 2.27 bits per heavy atom. The highest BCUT2D eigenvalue weighted by Gasteiger charge is 2.49. The summed E-state index contributed by atoms with van der Waals surface area (Å²) in [6.07, 6.45) is 3.99. The summed E-state index contributed by atoms with van der Waals surface area (Å²) < 4.78 is 29.4. The third-order valence-electron chi connectivity index (χ3n) is 11.2. The van der Waals surface area contributed by atoms with Crippen LogP contribution in [0.4, 0.5) is 11.4 Å². The number of hydrogen-bond donors (Lipinski definition) is 5. The Kier molecular flexibility index (Phi) is 12.5. The smallest absolute Gasteiger partial charge is 0.312 e. The maximum absolute atomic E-state index is 14.5. The van der Waals surface area contributed by atoms with E-state index < -0.39 is 77.3 Å². The molecule has 0 radical (unpaired) electrons. The first-order valence-electron chi connectivity index (χ1n) is 18.6. The van der Waals surface area contributed by atoms with Crippen LogP contribution in [0.3, 0.4) is 0 Å². The molecule has 1 fully saturated rings. The van der Waals surface area contributed by atoms with E-state index in [4.69, 9.17) is 23.7 Å². The van der Waals surface area contributed by atoms with Crippen LogP contribution in [0.5, 0.6) is 17.2 Å². The third-order valence-corrected chi connectivity index (χ3v) is 11.2. The van der Waals surface area contributed by atoms with E-state index in [-0.39, 0.29) is 44.7 Å². The van der Waals surface area contributed by atoms with Crippen molar-refractivity contribution >= 4 is 39.8 Å². The topological polar surface area (TPSA) is 194 Å². The minimum atomic E-state index is -1.92. The molecule has 0 aromatic heterocycles. The van der Waals surface area contributed by atoms with Crippen LogP contribution in [0, 0.1) is 30.6 Å². The number of rotatable bonds is 3. The van der Waals surface area contributed by atoms with E-state index in [0.29, 0.717) is 32.0 Å².